The smallest absolute Gasteiger partial charge is 0.398 e. The highest BCUT2D eigenvalue weighted by atomic mass is 32.2. The highest BCUT2D eigenvalue weighted by Crippen LogP contribution is 2.35. The van der Waals surface area contributed by atoms with Gasteiger partial charge in [0.1, 0.15) is 0 Å². The van der Waals surface area contributed by atoms with Gasteiger partial charge in [0.25, 0.3) is 10.2 Å². The second-order valence-electron chi connectivity index (χ2n) is 3.79. The van der Waals surface area contributed by atoms with Crippen LogP contribution in [-0.4, -0.2) is 28.7 Å². The van der Waals surface area contributed by atoms with Crippen LogP contribution in [-0.2, 0) is 21.1 Å². The molecule has 1 rings (SSSR count). The third-order valence-electron chi connectivity index (χ3n) is 2.21. The first kappa shape index (κ1) is 16.5. The predicted octanol–water partition coefficient (Wildman–Crippen LogP) is 1.18. The normalized spacial score (nSPS) is 12.4. The minimum atomic E-state index is -4.66. The van der Waals surface area contributed by atoms with Gasteiger partial charge in [0, 0.05) is 19.3 Å². The number of nitrogens with two attached hydrogens (primary N) is 1. The van der Waals surface area contributed by atoms with Crippen LogP contribution in [0.2, 0.25) is 0 Å². The van der Waals surface area contributed by atoms with Crippen LogP contribution < -0.4 is 15.2 Å². The lowest BCUT2D eigenvalue weighted by atomic mass is 10.1. The summed E-state index contributed by atoms with van der Waals surface area (Å²) in [6.45, 7) is 0.128. The molecule has 0 atom stereocenters. The lowest BCUT2D eigenvalue weighted by molar-refractivity contribution is -0.136. The van der Waals surface area contributed by atoms with Gasteiger partial charge >= 0.3 is 6.18 Å². The zero-order valence-electron chi connectivity index (χ0n) is 10.5. The lowest BCUT2D eigenvalue weighted by Gasteiger charge is -2.13. The maximum atomic E-state index is 12.6. The number of rotatable bonds is 6. The van der Waals surface area contributed by atoms with E-state index >= 15 is 0 Å². The van der Waals surface area contributed by atoms with Crippen molar-refractivity contribution in [1.82, 2.24) is 4.72 Å². The molecule has 0 aliphatic carbocycles. The van der Waals surface area contributed by atoms with Gasteiger partial charge in [0.2, 0.25) is 0 Å². The molecule has 0 bridgehead atoms. The quantitative estimate of drug-likeness (QED) is 0.543. The highest BCUT2D eigenvalue weighted by Gasteiger charge is 2.33. The fourth-order valence-corrected chi connectivity index (χ4v) is 2.20. The van der Waals surface area contributed by atoms with Gasteiger partial charge < -0.3 is 10.5 Å². The summed E-state index contributed by atoms with van der Waals surface area (Å²) >= 11 is 0. The van der Waals surface area contributed by atoms with E-state index in [-0.39, 0.29) is 18.8 Å². The summed E-state index contributed by atoms with van der Waals surface area (Å²) < 4.78 is 69.6. The fourth-order valence-electron chi connectivity index (χ4n) is 1.33. The third-order valence-corrected chi connectivity index (χ3v) is 3.30. The first-order valence-corrected chi connectivity index (χ1v) is 6.87. The Hall–Kier alpha value is -1.52. The molecule has 0 aliphatic rings. The van der Waals surface area contributed by atoms with Crippen LogP contribution in [0.5, 0.6) is 0 Å². The van der Waals surface area contributed by atoms with Crippen LogP contribution in [0.25, 0.3) is 0 Å². The molecule has 4 N–H and O–H groups in total. The van der Waals surface area contributed by atoms with Crippen molar-refractivity contribution < 1.29 is 26.3 Å². The number of ether oxygens (including phenoxy) is 1. The van der Waals surface area contributed by atoms with Gasteiger partial charge in [-0.1, -0.05) is 0 Å². The van der Waals surface area contributed by atoms with E-state index in [4.69, 9.17) is 5.73 Å². The fraction of sp³-hybridized carbons (Fsp3) is 0.400. The molecule has 1 aromatic rings. The first-order valence-electron chi connectivity index (χ1n) is 5.39. The zero-order valence-corrected chi connectivity index (χ0v) is 11.3. The number of halogens is 3. The summed E-state index contributed by atoms with van der Waals surface area (Å²) in [6, 6.07) is 2.75. The van der Waals surface area contributed by atoms with E-state index in [9.17, 15) is 21.6 Å². The zero-order chi connectivity index (χ0) is 15.4. The van der Waals surface area contributed by atoms with Crippen LogP contribution in [0.1, 0.15) is 5.56 Å². The Labute approximate surface area is 114 Å². The molecule has 114 valence electrons. The van der Waals surface area contributed by atoms with Crippen molar-refractivity contribution in [1.29, 1.82) is 0 Å². The van der Waals surface area contributed by atoms with Crippen LogP contribution in [0.3, 0.4) is 0 Å². The highest BCUT2D eigenvalue weighted by molar-refractivity contribution is 7.90. The van der Waals surface area contributed by atoms with E-state index in [1.54, 1.807) is 0 Å². The van der Waals surface area contributed by atoms with Crippen molar-refractivity contribution >= 4 is 21.6 Å². The predicted molar refractivity (Wildman–Crippen MR) is 68.3 cm³/mol. The first-order chi connectivity index (χ1) is 9.15. The summed E-state index contributed by atoms with van der Waals surface area (Å²) in [5.74, 6) is 0. The average molecular weight is 313 g/mol. The Balaban J connectivity index is 2.88. The molecule has 0 unspecified atom stereocenters. The van der Waals surface area contributed by atoms with Crippen LogP contribution in [0.15, 0.2) is 18.2 Å². The van der Waals surface area contributed by atoms with Crippen molar-refractivity contribution in [3.8, 4) is 0 Å². The van der Waals surface area contributed by atoms with Gasteiger partial charge in [-0.05, 0) is 18.2 Å². The molecule has 0 amide bonds. The second kappa shape index (κ2) is 6.29. The number of hydrogen-bond donors (Lipinski definition) is 3. The molecule has 1 aromatic carbocycles. The number of benzene rings is 1. The number of anilines is 2. The van der Waals surface area contributed by atoms with E-state index in [0.717, 1.165) is 12.1 Å². The maximum Gasteiger partial charge on any atom is 0.418 e. The summed E-state index contributed by atoms with van der Waals surface area (Å²) in [7, 11) is -2.58. The van der Waals surface area contributed by atoms with Crippen LogP contribution >= 0.6 is 0 Å². The van der Waals surface area contributed by atoms with Gasteiger partial charge in [-0.3, -0.25) is 4.72 Å². The van der Waals surface area contributed by atoms with E-state index in [1.165, 1.54) is 7.11 Å². The van der Waals surface area contributed by atoms with E-state index < -0.39 is 27.6 Å². The molecule has 0 heterocycles. The number of methoxy groups -OCH3 is 1. The molecule has 0 fully saturated rings. The molecule has 0 aromatic heterocycles. The summed E-state index contributed by atoms with van der Waals surface area (Å²) in [6.07, 6.45) is -4.66. The number of alkyl halides is 3. The Kier molecular flexibility index (Phi) is 5.20. The van der Waals surface area contributed by atoms with Gasteiger partial charge in [-0.15, -0.1) is 0 Å². The van der Waals surface area contributed by atoms with E-state index in [2.05, 4.69) is 9.46 Å². The molecule has 20 heavy (non-hydrogen) atoms. The molecular weight excluding hydrogens is 299 g/mol. The summed E-state index contributed by atoms with van der Waals surface area (Å²) in [5.41, 5.74) is 3.39. The molecule has 0 saturated carbocycles. The van der Waals surface area contributed by atoms with Crippen molar-refractivity contribution in [2.75, 3.05) is 30.7 Å². The molecule has 0 spiro atoms. The van der Waals surface area contributed by atoms with Gasteiger partial charge in [-0.25, -0.2) is 0 Å². The van der Waals surface area contributed by atoms with Gasteiger partial charge in [0.05, 0.1) is 17.9 Å². The summed E-state index contributed by atoms with van der Waals surface area (Å²) in [4.78, 5) is 0. The van der Waals surface area contributed by atoms with Crippen molar-refractivity contribution in [3.63, 3.8) is 0 Å². The van der Waals surface area contributed by atoms with Crippen molar-refractivity contribution in [2.45, 2.75) is 6.18 Å². The minimum Gasteiger partial charge on any atom is -0.398 e. The van der Waals surface area contributed by atoms with Gasteiger partial charge in [0.15, 0.2) is 0 Å². The Morgan fingerprint density at radius 2 is 2.00 bits per heavy atom. The molecular formula is C10H14F3N3O3S. The number of nitrogen functional groups attached to an aromatic ring is 1. The third kappa shape index (κ3) is 4.87. The Morgan fingerprint density at radius 3 is 2.55 bits per heavy atom. The Bertz CT molecular complexity index is 561. The standard InChI is InChI=1S/C10H14F3N3O3S/c1-19-5-4-15-20(17,18)16-7-2-3-9(14)8(6-7)10(11,12)13/h2-3,6,15-16H,4-5,14H2,1H3. The van der Waals surface area contributed by atoms with E-state index in [0.29, 0.717) is 6.07 Å². The molecule has 0 radical (unpaired) electrons. The van der Waals surface area contributed by atoms with Crippen molar-refractivity contribution in [3.05, 3.63) is 23.8 Å². The van der Waals surface area contributed by atoms with Crippen LogP contribution in [0.4, 0.5) is 24.5 Å². The molecule has 0 saturated heterocycles. The lowest BCUT2D eigenvalue weighted by Crippen LogP contribution is -2.32. The van der Waals surface area contributed by atoms with Gasteiger partial charge in [-0.2, -0.15) is 26.3 Å². The molecule has 6 nitrogen and oxygen atoms in total. The average Bonchev–Trinajstić information content (AvgIpc) is 2.30. The monoisotopic (exact) mass is 313 g/mol. The van der Waals surface area contributed by atoms with Crippen molar-refractivity contribution in [2.24, 2.45) is 0 Å². The second-order valence-corrected chi connectivity index (χ2v) is 5.29. The summed E-state index contributed by atoms with van der Waals surface area (Å²) in [5, 5.41) is 0. The topological polar surface area (TPSA) is 93.4 Å². The van der Waals surface area contributed by atoms with Crippen LogP contribution in [0, 0.1) is 0 Å². The largest absolute Gasteiger partial charge is 0.418 e. The number of nitrogens with one attached hydrogen (secondary N) is 2. The Morgan fingerprint density at radius 1 is 1.35 bits per heavy atom. The SMILES string of the molecule is COCCNS(=O)(=O)Nc1ccc(N)c(C(F)(F)F)c1. The number of hydrogen-bond acceptors (Lipinski definition) is 4. The van der Waals surface area contributed by atoms with E-state index in [1.807, 2.05) is 4.72 Å². The molecule has 0 aliphatic heterocycles. The minimum absolute atomic E-state index is 0.00701. The maximum absolute atomic E-state index is 12.6. The molecule has 10 heteroatoms.